The van der Waals surface area contributed by atoms with Crippen molar-refractivity contribution in [2.75, 3.05) is 19.6 Å². The van der Waals surface area contributed by atoms with Crippen molar-refractivity contribution >= 4 is 23.3 Å². The number of aromatic nitrogens is 1. The molecule has 0 bridgehead atoms. The van der Waals surface area contributed by atoms with Gasteiger partial charge in [-0.2, -0.15) is 0 Å². The monoisotopic (exact) mass is 255 g/mol. The number of urea groups is 1. The lowest BCUT2D eigenvalue weighted by Gasteiger charge is -2.36. The van der Waals surface area contributed by atoms with Gasteiger partial charge in [0.15, 0.2) is 0 Å². The maximum absolute atomic E-state index is 11.5. The van der Waals surface area contributed by atoms with Gasteiger partial charge >= 0.3 is 12.0 Å². The normalized spacial score (nSPS) is 15.4. The molecular formula is C10H13N3O3S. The maximum atomic E-state index is 11.5. The Kier molecular flexibility index (Phi) is 3.58. The number of carbonyl (C=O) groups excluding carboxylic acids is 1. The quantitative estimate of drug-likeness (QED) is 0.816. The van der Waals surface area contributed by atoms with E-state index in [1.54, 1.807) is 5.51 Å². The van der Waals surface area contributed by atoms with Crippen LogP contribution >= 0.6 is 11.3 Å². The molecule has 2 rings (SSSR count). The van der Waals surface area contributed by atoms with Crippen molar-refractivity contribution < 1.29 is 14.7 Å². The van der Waals surface area contributed by atoms with E-state index in [2.05, 4.69) is 10.3 Å². The van der Waals surface area contributed by atoms with E-state index in [1.165, 1.54) is 16.2 Å². The molecule has 2 heterocycles. The Balaban J connectivity index is 1.64. The second-order valence-corrected chi connectivity index (χ2v) is 4.62. The number of carbonyl (C=O) groups is 2. The number of rotatable bonds is 4. The lowest BCUT2D eigenvalue weighted by Crippen LogP contribution is -2.56. The molecule has 0 aromatic carbocycles. The van der Waals surface area contributed by atoms with Crippen molar-refractivity contribution in [3.8, 4) is 0 Å². The molecule has 2 amide bonds. The van der Waals surface area contributed by atoms with Gasteiger partial charge < -0.3 is 15.3 Å². The first-order chi connectivity index (χ1) is 8.16. The highest BCUT2D eigenvalue weighted by atomic mass is 32.1. The number of likely N-dealkylation sites (tertiary alicyclic amines) is 1. The fourth-order valence-electron chi connectivity index (χ4n) is 1.57. The summed E-state index contributed by atoms with van der Waals surface area (Å²) in [5, 5.41) is 13.4. The van der Waals surface area contributed by atoms with Gasteiger partial charge in [-0.05, 0) is 0 Å². The van der Waals surface area contributed by atoms with Crippen LogP contribution in [0, 0.1) is 5.92 Å². The molecule has 1 fully saturated rings. The van der Waals surface area contributed by atoms with Gasteiger partial charge in [0.1, 0.15) is 0 Å². The summed E-state index contributed by atoms with van der Waals surface area (Å²) in [5.41, 5.74) is 2.71. The van der Waals surface area contributed by atoms with Crippen molar-refractivity contribution in [1.29, 1.82) is 0 Å². The number of nitrogens with zero attached hydrogens (tertiary/aromatic N) is 2. The zero-order valence-corrected chi connectivity index (χ0v) is 9.94. The molecule has 1 aromatic rings. The number of nitrogens with one attached hydrogen (secondary N) is 1. The molecule has 92 valence electrons. The Labute approximate surface area is 102 Å². The van der Waals surface area contributed by atoms with E-state index in [9.17, 15) is 9.59 Å². The highest BCUT2D eigenvalue weighted by Crippen LogP contribution is 2.15. The smallest absolute Gasteiger partial charge is 0.317 e. The van der Waals surface area contributed by atoms with Crippen LogP contribution in [-0.2, 0) is 11.2 Å². The molecule has 0 atom stereocenters. The van der Waals surface area contributed by atoms with Crippen molar-refractivity contribution in [1.82, 2.24) is 15.2 Å². The molecule has 17 heavy (non-hydrogen) atoms. The van der Waals surface area contributed by atoms with Crippen molar-refractivity contribution in [3.05, 3.63) is 16.6 Å². The zero-order chi connectivity index (χ0) is 12.3. The van der Waals surface area contributed by atoms with E-state index < -0.39 is 11.9 Å². The topological polar surface area (TPSA) is 82.5 Å². The molecular weight excluding hydrogens is 242 g/mol. The Morgan fingerprint density at radius 2 is 2.35 bits per heavy atom. The fraction of sp³-hybridized carbons (Fsp3) is 0.500. The predicted octanol–water partition coefficient (Wildman–Crippen LogP) is 0.412. The van der Waals surface area contributed by atoms with Crippen LogP contribution in [0.4, 0.5) is 4.79 Å². The van der Waals surface area contributed by atoms with Crippen LogP contribution in [0.1, 0.15) is 5.69 Å². The van der Waals surface area contributed by atoms with Gasteiger partial charge in [0, 0.05) is 31.4 Å². The van der Waals surface area contributed by atoms with Gasteiger partial charge in [-0.25, -0.2) is 9.78 Å². The summed E-state index contributed by atoms with van der Waals surface area (Å²) in [6.07, 6.45) is 0.700. The number of hydrogen-bond acceptors (Lipinski definition) is 4. The zero-order valence-electron chi connectivity index (χ0n) is 9.13. The molecule has 7 heteroatoms. The van der Waals surface area contributed by atoms with E-state index in [0.29, 0.717) is 26.1 Å². The molecule has 1 aromatic heterocycles. The maximum Gasteiger partial charge on any atom is 0.317 e. The van der Waals surface area contributed by atoms with E-state index >= 15 is 0 Å². The molecule has 0 radical (unpaired) electrons. The molecule has 0 unspecified atom stereocenters. The van der Waals surface area contributed by atoms with E-state index in [-0.39, 0.29) is 6.03 Å². The molecule has 2 N–H and O–H groups in total. The minimum absolute atomic E-state index is 0.197. The molecule has 0 saturated carbocycles. The third-order valence-corrected chi connectivity index (χ3v) is 3.29. The first-order valence-corrected chi connectivity index (χ1v) is 6.23. The molecule has 1 aliphatic rings. The molecule has 0 spiro atoms. The Morgan fingerprint density at radius 1 is 1.59 bits per heavy atom. The highest BCUT2D eigenvalue weighted by Gasteiger charge is 2.35. The molecule has 1 saturated heterocycles. The number of thiazole rings is 1. The van der Waals surface area contributed by atoms with E-state index in [1.807, 2.05) is 5.38 Å². The van der Waals surface area contributed by atoms with Crippen LogP contribution in [0.15, 0.2) is 10.9 Å². The summed E-state index contributed by atoms with van der Waals surface area (Å²) < 4.78 is 0. The number of carboxylic acids is 1. The third-order valence-electron chi connectivity index (χ3n) is 2.66. The average Bonchev–Trinajstić information content (AvgIpc) is 2.67. The largest absolute Gasteiger partial charge is 0.481 e. The third kappa shape index (κ3) is 2.94. The fourth-order valence-corrected chi connectivity index (χ4v) is 2.16. The van der Waals surface area contributed by atoms with Crippen LogP contribution in [0.3, 0.4) is 0 Å². The van der Waals surface area contributed by atoms with Crippen LogP contribution in [-0.4, -0.2) is 46.6 Å². The first kappa shape index (κ1) is 11.8. The number of amides is 2. The summed E-state index contributed by atoms with van der Waals surface area (Å²) in [6, 6.07) is -0.197. The van der Waals surface area contributed by atoms with Gasteiger partial charge in [0.05, 0.1) is 17.1 Å². The number of aliphatic carboxylic acids is 1. The summed E-state index contributed by atoms with van der Waals surface area (Å²) in [7, 11) is 0. The highest BCUT2D eigenvalue weighted by molar-refractivity contribution is 7.07. The van der Waals surface area contributed by atoms with E-state index in [4.69, 9.17) is 5.11 Å². The average molecular weight is 255 g/mol. The minimum atomic E-state index is -0.837. The molecule has 1 aliphatic heterocycles. The van der Waals surface area contributed by atoms with Crippen molar-refractivity contribution in [3.63, 3.8) is 0 Å². The lowest BCUT2D eigenvalue weighted by atomic mass is 10.0. The van der Waals surface area contributed by atoms with Gasteiger partial charge in [0.2, 0.25) is 0 Å². The van der Waals surface area contributed by atoms with Crippen LogP contribution in [0.2, 0.25) is 0 Å². The summed E-state index contributed by atoms with van der Waals surface area (Å²) >= 11 is 1.52. The second-order valence-electron chi connectivity index (χ2n) is 3.90. The first-order valence-electron chi connectivity index (χ1n) is 5.29. The van der Waals surface area contributed by atoms with Gasteiger partial charge in [-0.3, -0.25) is 4.79 Å². The summed E-state index contributed by atoms with van der Waals surface area (Å²) in [6.45, 7) is 1.13. The van der Waals surface area contributed by atoms with Crippen LogP contribution in [0.25, 0.3) is 0 Å². The van der Waals surface area contributed by atoms with Crippen molar-refractivity contribution in [2.24, 2.45) is 5.92 Å². The Hall–Kier alpha value is -1.63. The van der Waals surface area contributed by atoms with Gasteiger partial charge in [-0.1, -0.05) is 0 Å². The lowest BCUT2D eigenvalue weighted by molar-refractivity contribution is -0.146. The SMILES string of the molecule is O=C(O)C1CN(C(=O)NCCc2cscn2)C1. The minimum Gasteiger partial charge on any atom is -0.481 e. The Bertz CT molecular complexity index is 401. The summed E-state index contributed by atoms with van der Waals surface area (Å²) in [5.74, 6) is -1.24. The second kappa shape index (κ2) is 5.13. The number of carboxylic acid groups (broad SMARTS) is 1. The summed E-state index contributed by atoms with van der Waals surface area (Å²) in [4.78, 5) is 27.7. The Morgan fingerprint density at radius 3 is 2.94 bits per heavy atom. The molecule has 0 aliphatic carbocycles. The predicted molar refractivity (Wildman–Crippen MR) is 61.9 cm³/mol. The van der Waals surface area contributed by atoms with Crippen molar-refractivity contribution in [2.45, 2.75) is 6.42 Å². The van der Waals surface area contributed by atoms with Crippen LogP contribution < -0.4 is 5.32 Å². The van der Waals surface area contributed by atoms with E-state index in [0.717, 1.165) is 5.69 Å². The van der Waals surface area contributed by atoms with Crippen LogP contribution in [0.5, 0.6) is 0 Å². The number of hydrogen-bond donors (Lipinski definition) is 2. The van der Waals surface area contributed by atoms with Gasteiger partial charge in [-0.15, -0.1) is 11.3 Å². The van der Waals surface area contributed by atoms with Gasteiger partial charge in [0.25, 0.3) is 0 Å². The molecule has 6 nitrogen and oxygen atoms in total. The standard InChI is InChI=1S/C10H13N3O3S/c14-9(15)7-3-13(4-7)10(16)11-2-1-8-5-17-6-12-8/h5-7H,1-4H2,(H,11,16)(H,14,15).